The molecule has 0 radical (unpaired) electrons. The molecule has 0 bridgehead atoms. The lowest BCUT2D eigenvalue weighted by Gasteiger charge is -2.35. The van der Waals surface area contributed by atoms with E-state index in [-0.39, 0.29) is 36.8 Å². The first-order valence-electron chi connectivity index (χ1n) is 13.7. The van der Waals surface area contributed by atoms with Crippen molar-refractivity contribution in [2.75, 3.05) is 23.4 Å². The molecule has 11 heteroatoms. The standard InChI is InChI=1S/C31H36FN3O6S/c1-5-42(38,39)35(24-15-16-27-28(18-24)41-21-40-27)20-29(36)34(19-23-13-9-10-14-25(23)32)26(30(37)33-31(2,3)4)17-22-11-7-6-8-12-22/h6-16,18,26H,5,17,19-21H2,1-4H3,(H,33,37). The average molecular weight is 598 g/mol. The number of carbonyl (C=O) groups is 2. The Bertz CT molecular complexity index is 1530. The molecular formula is C31H36FN3O6S. The summed E-state index contributed by atoms with van der Waals surface area (Å²) in [5, 5.41) is 2.94. The number of hydrogen-bond donors (Lipinski definition) is 1. The fourth-order valence-electron chi connectivity index (χ4n) is 4.58. The molecule has 0 aromatic heterocycles. The number of amides is 2. The highest BCUT2D eigenvalue weighted by Crippen LogP contribution is 2.36. The number of fused-ring (bicyclic) bond motifs is 1. The highest BCUT2D eigenvalue weighted by molar-refractivity contribution is 7.92. The van der Waals surface area contributed by atoms with Crippen molar-refractivity contribution in [2.24, 2.45) is 0 Å². The zero-order valence-electron chi connectivity index (χ0n) is 24.2. The van der Waals surface area contributed by atoms with E-state index in [2.05, 4.69) is 5.32 Å². The number of ether oxygens (including phenoxy) is 2. The molecule has 0 aliphatic carbocycles. The van der Waals surface area contributed by atoms with Crippen LogP contribution < -0.4 is 19.1 Å². The molecule has 2 amide bonds. The van der Waals surface area contributed by atoms with Gasteiger partial charge >= 0.3 is 0 Å². The summed E-state index contributed by atoms with van der Waals surface area (Å²) >= 11 is 0. The Balaban J connectivity index is 1.77. The van der Waals surface area contributed by atoms with E-state index < -0.39 is 45.8 Å². The number of hydrogen-bond acceptors (Lipinski definition) is 6. The minimum absolute atomic E-state index is 0.00127. The van der Waals surface area contributed by atoms with Gasteiger partial charge in [-0.25, -0.2) is 12.8 Å². The highest BCUT2D eigenvalue weighted by atomic mass is 32.2. The Kier molecular flexibility index (Phi) is 9.40. The lowest BCUT2D eigenvalue weighted by Crippen LogP contribution is -2.56. The van der Waals surface area contributed by atoms with Crippen molar-refractivity contribution in [3.63, 3.8) is 0 Å². The molecule has 9 nitrogen and oxygen atoms in total. The SMILES string of the molecule is CCS(=O)(=O)N(CC(=O)N(Cc1ccccc1F)C(Cc1ccccc1)C(=O)NC(C)(C)C)c1ccc2c(c1)OCO2. The van der Waals surface area contributed by atoms with Crippen molar-refractivity contribution in [1.29, 1.82) is 0 Å². The van der Waals surface area contributed by atoms with Gasteiger partial charge < -0.3 is 19.7 Å². The van der Waals surface area contributed by atoms with E-state index in [9.17, 15) is 22.4 Å². The minimum atomic E-state index is -3.96. The van der Waals surface area contributed by atoms with E-state index in [4.69, 9.17) is 9.47 Å². The van der Waals surface area contributed by atoms with E-state index in [1.54, 1.807) is 12.1 Å². The maximum atomic E-state index is 14.9. The topological polar surface area (TPSA) is 105 Å². The fourth-order valence-corrected chi connectivity index (χ4v) is 5.63. The third-order valence-corrected chi connectivity index (χ3v) is 8.43. The zero-order chi connectivity index (χ0) is 30.5. The number of halogens is 1. The van der Waals surface area contributed by atoms with Gasteiger partial charge in [0.15, 0.2) is 11.5 Å². The lowest BCUT2D eigenvalue weighted by molar-refractivity contribution is -0.140. The molecule has 1 N–H and O–H groups in total. The third kappa shape index (κ3) is 7.58. The van der Waals surface area contributed by atoms with Crippen LogP contribution in [0.2, 0.25) is 0 Å². The first-order chi connectivity index (χ1) is 19.9. The van der Waals surface area contributed by atoms with Crippen LogP contribution >= 0.6 is 0 Å². The van der Waals surface area contributed by atoms with Gasteiger partial charge in [-0.1, -0.05) is 48.5 Å². The number of rotatable bonds is 11. The van der Waals surface area contributed by atoms with Crippen LogP contribution in [0, 0.1) is 5.82 Å². The van der Waals surface area contributed by atoms with Crippen molar-refractivity contribution in [1.82, 2.24) is 10.2 Å². The van der Waals surface area contributed by atoms with Crippen LogP contribution in [-0.2, 0) is 32.6 Å². The third-order valence-electron chi connectivity index (χ3n) is 6.69. The highest BCUT2D eigenvalue weighted by Gasteiger charge is 2.35. The number of nitrogens with zero attached hydrogens (tertiary/aromatic N) is 2. The average Bonchev–Trinajstić information content (AvgIpc) is 3.42. The van der Waals surface area contributed by atoms with Gasteiger partial charge in [0.25, 0.3) is 0 Å². The summed E-state index contributed by atoms with van der Waals surface area (Å²) < 4.78 is 53.3. The molecule has 0 fully saturated rings. The number of anilines is 1. The first-order valence-corrected chi connectivity index (χ1v) is 15.3. The Labute approximate surface area is 246 Å². The summed E-state index contributed by atoms with van der Waals surface area (Å²) in [6, 6.07) is 18.7. The molecule has 3 aromatic carbocycles. The summed E-state index contributed by atoms with van der Waals surface area (Å²) in [6.07, 6.45) is 0.132. The van der Waals surface area contributed by atoms with Crippen molar-refractivity contribution >= 4 is 27.5 Å². The van der Waals surface area contributed by atoms with Crippen LogP contribution in [0.15, 0.2) is 72.8 Å². The van der Waals surface area contributed by atoms with Crippen LogP contribution in [0.1, 0.15) is 38.8 Å². The molecule has 1 unspecified atom stereocenters. The molecule has 4 rings (SSSR count). The van der Waals surface area contributed by atoms with Gasteiger partial charge in [-0.3, -0.25) is 13.9 Å². The number of carbonyl (C=O) groups excluding carboxylic acids is 2. The molecule has 0 saturated heterocycles. The van der Waals surface area contributed by atoms with Gasteiger partial charge in [0, 0.05) is 30.1 Å². The van der Waals surface area contributed by atoms with E-state index >= 15 is 0 Å². The molecule has 1 aliphatic heterocycles. The number of nitrogens with one attached hydrogen (secondary N) is 1. The van der Waals surface area contributed by atoms with E-state index in [1.807, 2.05) is 51.1 Å². The molecule has 42 heavy (non-hydrogen) atoms. The summed E-state index contributed by atoms with van der Waals surface area (Å²) in [5.74, 6) is -1.12. The van der Waals surface area contributed by atoms with Gasteiger partial charge in [0.2, 0.25) is 28.6 Å². The van der Waals surface area contributed by atoms with Gasteiger partial charge in [0.1, 0.15) is 18.4 Å². The summed E-state index contributed by atoms with van der Waals surface area (Å²) in [6.45, 7) is 6.08. The summed E-state index contributed by atoms with van der Waals surface area (Å²) in [5.41, 5.74) is 0.564. The van der Waals surface area contributed by atoms with Gasteiger partial charge in [-0.2, -0.15) is 0 Å². The Morgan fingerprint density at radius 1 is 0.976 bits per heavy atom. The molecule has 0 saturated carbocycles. The molecule has 224 valence electrons. The number of benzene rings is 3. The van der Waals surface area contributed by atoms with Crippen molar-refractivity contribution in [3.8, 4) is 11.5 Å². The molecule has 1 aliphatic rings. The minimum Gasteiger partial charge on any atom is -0.454 e. The molecule has 0 spiro atoms. The Morgan fingerprint density at radius 3 is 2.31 bits per heavy atom. The summed E-state index contributed by atoms with van der Waals surface area (Å²) in [7, 11) is -3.96. The molecule has 1 heterocycles. The monoisotopic (exact) mass is 597 g/mol. The van der Waals surface area contributed by atoms with Crippen LogP contribution in [0.4, 0.5) is 10.1 Å². The second-order valence-electron chi connectivity index (χ2n) is 11.0. The second kappa shape index (κ2) is 12.8. The van der Waals surface area contributed by atoms with Crippen LogP contribution in [-0.4, -0.2) is 55.8 Å². The Morgan fingerprint density at radius 2 is 1.64 bits per heavy atom. The maximum Gasteiger partial charge on any atom is 0.244 e. The van der Waals surface area contributed by atoms with Crippen LogP contribution in [0.5, 0.6) is 11.5 Å². The smallest absolute Gasteiger partial charge is 0.244 e. The van der Waals surface area contributed by atoms with Gasteiger partial charge in [-0.05, 0) is 51.5 Å². The second-order valence-corrected chi connectivity index (χ2v) is 13.2. The zero-order valence-corrected chi connectivity index (χ0v) is 25.0. The quantitative estimate of drug-likeness (QED) is 0.354. The largest absolute Gasteiger partial charge is 0.454 e. The van der Waals surface area contributed by atoms with E-state index in [0.29, 0.717) is 11.5 Å². The Hall–Kier alpha value is -4.12. The molecule has 1 atom stereocenters. The van der Waals surface area contributed by atoms with Crippen molar-refractivity contribution in [2.45, 2.75) is 52.2 Å². The van der Waals surface area contributed by atoms with Crippen molar-refractivity contribution < 1.29 is 31.9 Å². The first kappa shape index (κ1) is 30.8. The van der Waals surface area contributed by atoms with E-state index in [1.165, 1.54) is 42.2 Å². The predicted molar refractivity (Wildman–Crippen MR) is 158 cm³/mol. The van der Waals surface area contributed by atoms with Crippen LogP contribution in [0.3, 0.4) is 0 Å². The molecular weight excluding hydrogens is 561 g/mol. The maximum absolute atomic E-state index is 14.9. The van der Waals surface area contributed by atoms with Crippen LogP contribution in [0.25, 0.3) is 0 Å². The molecule has 3 aromatic rings. The van der Waals surface area contributed by atoms with E-state index in [0.717, 1.165) is 9.87 Å². The normalized spacial score (nSPS) is 13.4. The van der Waals surface area contributed by atoms with Crippen molar-refractivity contribution in [3.05, 3.63) is 89.7 Å². The number of sulfonamides is 1. The fraction of sp³-hybridized carbons (Fsp3) is 0.355. The van der Waals surface area contributed by atoms with Gasteiger partial charge in [0.05, 0.1) is 11.4 Å². The lowest BCUT2D eigenvalue weighted by atomic mass is 10.0. The summed E-state index contributed by atoms with van der Waals surface area (Å²) in [4.78, 5) is 29.2. The predicted octanol–water partition coefficient (Wildman–Crippen LogP) is 4.27. The van der Waals surface area contributed by atoms with Gasteiger partial charge in [-0.15, -0.1) is 0 Å².